The Morgan fingerprint density at radius 1 is 1.32 bits per heavy atom. The van der Waals surface area contributed by atoms with E-state index in [1.165, 1.54) is 0 Å². The molecule has 1 aromatic heterocycles. The van der Waals surface area contributed by atoms with E-state index in [4.69, 9.17) is 0 Å². The molecular weight excluding hydrogens is 332 g/mol. The number of nitrogens with one attached hydrogen (secondary N) is 1. The zero-order chi connectivity index (χ0) is 13.9. The number of halogens is 1. The lowest BCUT2D eigenvalue weighted by atomic mass is 10.2. The molecular formula is C11H13BrN4O2S. The zero-order valence-corrected chi connectivity index (χ0v) is 12.6. The minimum atomic E-state index is -3.21. The zero-order valence-electron chi connectivity index (χ0n) is 10.2. The molecule has 0 saturated heterocycles. The topological polar surface area (TPSA) is 76.9 Å². The van der Waals surface area contributed by atoms with Crippen molar-refractivity contribution in [3.05, 3.63) is 46.2 Å². The van der Waals surface area contributed by atoms with E-state index < -0.39 is 10.0 Å². The summed E-state index contributed by atoms with van der Waals surface area (Å²) in [6.45, 7) is 0.748. The second-order valence-corrected chi connectivity index (χ2v) is 6.88. The molecule has 2 rings (SSSR count). The van der Waals surface area contributed by atoms with Crippen LogP contribution in [-0.4, -0.2) is 29.7 Å². The molecule has 19 heavy (non-hydrogen) atoms. The average Bonchev–Trinajstić information content (AvgIpc) is 2.77. The molecule has 0 fully saturated rings. The van der Waals surface area contributed by atoms with Crippen LogP contribution in [0.4, 0.5) is 0 Å². The van der Waals surface area contributed by atoms with Crippen LogP contribution in [0.3, 0.4) is 0 Å². The molecule has 1 heterocycles. The second-order valence-electron chi connectivity index (χ2n) is 4.13. The van der Waals surface area contributed by atoms with Crippen LogP contribution < -0.4 is 4.72 Å². The number of aromatic nitrogens is 3. The molecule has 0 spiro atoms. The highest BCUT2D eigenvalue weighted by Crippen LogP contribution is 2.11. The third-order valence-electron chi connectivity index (χ3n) is 2.36. The Morgan fingerprint density at radius 3 is 2.63 bits per heavy atom. The standard InChI is InChI=1S/C11H13BrN4O2S/c1-19(17,18)13-6-11-8-16(15-14-11)7-9-2-4-10(12)5-3-9/h2-5,8,13H,6-7H2,1H3. The van der Waals surface area contributed by atoms with E-state index in [9.17, 15) is 8.42 Å². The summed E-state index contributed by atoms with van der Waals surface area (Å²) >= 11 is 3.37. The number of nitrogens with zero attached hydrogens (tertiary/aromatic N) is 3. The summed E-state index contributed by atoms with van der Waals surface area (Å²) in [5.41, 5.74) is 1.68. The second kappa shape index (κ2) is 5.81. The SMILES string of the molecule is CS(=O)(=O)NCc1cn(Cc2ccc(Br)cc2)nn1. The first-order valence-corrected chi connectivity index (χ1v) is 8.19. The van der Waals surface area contributed by atoms with Crippen molar-refractivity contribution in [3.8, 4) is 0 Å². The van der Waals surface area contributed by atoms with E-state index >= 15 is 0 Å². The number of hydrogen-bond acceptors (Lipinski definition) is 4. The highest BCUT2D eigenvalue weighted by atomic mass is 79.9. The van der Waals surface area contributed by atoms with E-state index in [-0.39, 0.29) is 6.54 Å². The Morgan fingerprint density at radius 2 is 2.00 bits per heavy atom. The number of sulfonamides is 1. The molecule has 2 aromatic rings. The normalized spacial score (nSPS) is 11.7. The largest absolute Gasteiger partial charge is 0.248 e. The van der Waals surface area contributed by atoms with Gasteiger partial charge in [-0.15, -0.1) is 5.10 Å². The van der Waals surface area contributed by atoms with Crippen LogP contribution in [0.15, 0.2) is 34.9 Å². The van der Waals surface area contributed by atoms with E-state index in [1.54, 1.807) is 10.9 Å². The smallest absolute Gasteiger partial charge is 0.209 e. The van der Waals surface area contributed by atoms with E-state index in [1.807, 2.05) is 24.3 Å². The van der Waals surface area contributed by atoms with Gasteiger partial charge >= 0.3 is 0 Å². The summed E-state index contributed by atoms with van der Waals surface area (Å²) in [6, 6.07) is 7.89. The van der Waals surface area contributed by atoms with Crippen molar-refractivity contribution in [2.45, 2.75) is 13.1 Å². The van der Waals surface area contributed by atoms with Gasteiger partial charge in [0.1, 0.15) is 0 Å². The Kier molecular flexibility index (Phi) is 4.33. The van der Waals surface area contributed by atoms with E-state index in [0.717, 1.165) is 16.3 Å². The van der Waals surface area contributed by atoms with Gasteiger partial charge in [0.2, 0.25) is 10.0 Å². The van der Waals surface area contributed by atoms with Crippen molar-refractivity contribution in [1.82, 2.24) is 19.7 Å². The molecule has 1 aromatic carbocycles. The molecule has 8 heteroatoms. The van der Waals surface area contributed by atoms with Crippen molar-refractivity contribution in [2.75, 3.05) is 6.26 Å². The molecule has 0 aliphatic carbocycles. The van der Waals surface area contributed by atoms with Gasteiger partial charge in [0.25, 0.3) is 0 Å². The van der Waals surface area contributed by atoms with Crippen molar-refractivity contribution in [2.24, 2.45) is 0 Å². The molecule has 0 saturated carbocycles. The van der Waals surface area contributed by atoms with Crippen LogP contribution >= 0.6 is 15.9 Å². The van der Waals surface area contributed by atoms with Gasteiger partial charge in [-0.05, 0) is 17.7 Å². The highest BCUT2D eigenvalue weighted by molar-refractivity contribution is 9.10. The summed E-state index contributed by atoms with van der Waals surface area (Å²) in [7, 11) is -3.21. The van der Waals surface area contributed by atoms with Crippen molar-refractivity contribution in [1.29, 1.82) is 0 Å². The van der Waals surface area contributed by atoms with Gasteiger partial charge in [-0.3, -0.25) is 0 Å². The van der Waals surface area contributed by atoms with Gasteiger partial charge in [0.05, 0.1) is 31.2 Å². The van der Waals surface area contributed by atoms with Gasteiger partial charge in [0.15, 0.2) is 0 Å². The molecule has 0 aliphatic rings. The minimum absolute atomic E-state index is 0.152. The summed E-state index contributed by atoms with van der Waals surface area (Å²) in [6.07, 6.45) is 2.83. The van der Waals surface area contributed by atoms with E-state index in [0.29, 0.717) is 12.2 Å². The average molecular weight is 345 g/mol. The lowest BCUT2D eigenvalue weighted by Gasteiger charge is -2.00. The fraction of sp³-hybridized carbons (Fsp3) is 0.273. The number of hydrogen-bond donors (Lipinski definition) is 1. The maximum absolute atomic E-state index is 11.0. The highest BCUT2D eigenvalue weighted by Gasteiger charge is 2.05. The molecule has 0 bridgehead atoms. The maximum atomic E-state index is 11.0. The molecule has 0 radical (unpaired) electrons. The minimum Gasteiger partial charge on any atom is -0.248 e. The van der Waals surface area contributed by atoms with Gasteiger partial charge < -0.3 is 0 Å². The Bertz CT molecular complexity index is 652. The quantitative estimate of drug-likeness (QED) is 0.882. The Labute approximate surface area is 120 Å². The van der Waals surface area contributed by atoms with E-state index in [2.05, 4.69) is 31.0 Å². The Balaban J connectivity index is 1.99. The molecule has 0 unspecified atom stereocenters. The molecule has 6 nitrogen and oxygen atoms in total. The summed E-state index contributed by atoms with van der Waals surface area (Å²) in [4.78, 5) is 0. The fourth-order valence-corrected chi connectivity index (χ4v) is 2.15. The lowest BCUT2D eigenvalue weighted by Crippen LogP contribution is -2.21. The third-order valence-corrected chi connectivity index (χ3v) is 3.56. The van der Waals surface area contributed by atoms with Crippen LogP contribution in [0.1, 0.15) is 11.3 Å². The molecule has 0 atom stereocenters. The first-order chi connectivity index (χ1) is 8.92. The molecule has 102 valence electrons. The van der Waals surface area contributed by atoms with Gasteiger partial charge in [-0.25, -0.2) is 17.8 Å². The monoisotopic (exact) mass is 344 g/mol. The number of benzene rings is 1. The van der Waals surface area contributed by atoms with Crippen LogP contribution in [0.25, 0.3) is 0 Å². The predicted octanol–water partition coefficient (Wildman–Crippen LogP) is 1.14. The summed E-state index contributed by atoms with van der Waals surface area (Å²) in [5, 5.41) is 7.86. The summed E-state index contributed by atoms with van der Waals surface area (Å²) in [5.74, 6) is 0. The molecule has 0 amide bonds. The van der Waals surface area contributed by atoms with Crippen LogP contribution in [0.2, 0.25) is 0 Å². The predicted molar refractivity (Wildman–Crippen MR) is 74.9 cm³/mol. The van der Waals surface area contributed by atoms with Gasteiger partial charge in [-0.1, -0.05) is 33.3 Å². The van der Waals surface area contributed by atoms with Crippen LogP contribution in [0.5, 0.6) is 0 Å². The van der Waals surface area contributed by atoms with Crippen LogP contribution in [0, 0.1) is 0 Å². The first kappa shape index (κ1) is 14.2. The van der Waals surface area contributed by atoms with Gasteiger partial charge in [-0.2, -0.15) is 0 Å². The summed E-state index contributed by atoms with van der Waals surface area (Å²) < 4.78 is 27.0. The molecule has 1 N–H and O–H groups in total. The molecule has 0 aliphatic heterocycles. The first-order valence-electron chi connectivity index (χ1n) is 5.50. The van der Waals surface area contributed by atoms with Crippen molar-refractivity contribution < 1.29 is 8.42 Å². The van der Waals surface area contributed by atoms with Crippen molar-refractivity contribution >= 4 is 26.0 Å². The van der Waals surface area contributed by atoms with Crippen molar-refractivity contribution in [3.63, 3.8) is 0 Å². The third kappa shape index (κ3) is 4.73. The van der Waals surface area contributed by atoms with Crippen LogP contribution in [-0.2, 0) is 23.1 Å². The number of rotatable bonds is 5. The lowest BCUT2D eigenvalue weighted by molar-refractivity contribution is 0.586. The fourth-order valence-electron chi connectivity index (χ4n) is 1.48. The van der Waals surface area contributed by atoms with Gasteiger partial charge in [0, 0.05) is 4.47 Å². The maximum Gasteiger partial charge on any atom is 0.209 e. The Hall–Kier alpha value is -1.25.